The van der Waals surface area contributed by atoms with Gasteiger partial charge in [0.2, 0.25) is 0 Å². The number of hydrogen-bond donors (Lipinski definition) is 1. The highest BCUT2D eigenvalue weighted by atomic mass is 127. The number of halogens is 1. The fraction of sp³-hybridized carbons (Fsp3) is 0.722. The van der Waals surface area contributed by atoms with Crippen molar-refractivity contribution >= 4 is 36.0 Å². The number of guanidine groups is 1. The smallest absolute Gasteiger partial charge is 0.409 e. The zero-order chi connectivity index (χ0) is 18.9. The molecule has 1 aromatic heterocycles. The number of carbonyl (C=O) groups is 1. The minimum Gasteiger partial charge on any atom is -0.450 e. The van der Waals surface area contributed by atoms with Crippen molar-refractivity contribution in [1.82, 2.24) is 24.7 Å². The van der Waals surface area contributed by atoms with Crippen LogP contribution in [0.25, 0.3) is 0 Å². The summed E-state index contributed by atoms with van der Waals surface area (Å²) in [6.45, 7) is 13.7. The summed E-state index contributed by atoms with van der Waals surface area (Å²) in [5.41, 5.74) is 0. The number of carbonyl (C=O) groups excluding carboxylic acids is 1. The monoisotopic (exact) mass is 492 g/mol. The van der Waals surface area contributed by atoms with Crippen LogP contribution in [0.3, 0.4) is 0 Å². The summed E-state index contributed by atoms with van der Waals surface area (Å²) in [6, 6.07) is 0. The molecule has 0 spiro atoms. The van der Waals surface area contributed by atoms with Crippen molar-refractivity contribution in [2.24, 2.45) is 10.9 Å². The van der Waals surface area contributed by atoms with Crippen LogP contribution in [0.2, 0.25) is 0 Å². The molecule has 0 unspecified atom stereocenters. The lowest BCUT2D eigenvalue weighted by atomic mass is 10.2. The Morgan fingerprint density at radius 1 is 1.26 bits per heavy atom. The molecule has 0 bridgehead atoms. The van der Waals surface area contributed by atoms with Crippen molar-refractivity contribution in [3.8, 4) is 0 Å². The molecule has 2 rings (SSSR count). The van der Waals surface area contributed by atoms with Gasteiger partial charge in [0.05, 0.1) is 6.61 Å². The SMILES string of the molecule is CCNC(=NCc1nccn1CC(C)C)N1CCN(C(=O)OCC)CC1.I. The van der Waals surface area contributed by atoms with Gasteiger partial charge < -0.3 is 24.4 Å². The standard InChI is InChI=1S/C18H32N6O2.HI/c1-5-19-17(21-13-16-20-7-8-24(16)14-15(3)4)22-9-11-23(12-10-22)18(25)26-6-2;/h7-8,15H,5-6,9-14H2,1-4H3,(H,19,21);1H. The molecule has 9 heteroatoms. The number of piperazine rings is 1. The molecule has 27 heavy (non-hydrogen) atoms. The Hall–Kier alpha value is -1.52. The van der Waals surface area contributed by atoms with Crippen LogP contribution in [0.15, 0.2) is 17.4 Å². The van der Waals surface area contributed by atoms with Crippen molar-refractivity contribution in [2.45, 2.75) is 40.8 Å². The summed E-state index contributed by atoms with van der Waals surface area (Å²) in [4.78, 5) is 25.0. The van der Waals surface area contributed by atoms with Crippen molar-refractivity contribution < 1.29 is 9.53 Å². The van der Waals surface area contributed by atoms with Gasteiger partial charge in [0, 0.05) is 51.7 Å². The van der Waals surface area contributed by atoms with E-state index in [1.807, 2.05) is 19.3 Å². The van der Waals surface area contributed by atoms with E-state index in [2.05, 4.69) is 40.5 Å². The lowest BCUT2D eigenvalue weighted by molar-refractivity contribution is 0.0914. The summed E-state index contributed by atoms with van der Waals surface area (Å²) >= 11 is 0. The van der Waals surface area contributed by atoms with E-state index in [1.165, 1.54) is 0 Å². The van der Waals surface area contributed by atoms with Crippen LogP contribution >= 0.6 is 24.0 Å². The van der Waals surface area contributed by atoms with Crippen molar-refractivity contribution in [1.29, 1.82) is 0 Å². The number of ether oxygens (including phenoxy) is 1. The number of aromatic nitrogens is 2. The molecule has 8 nitrogen and oxygen atoms in total. The molecule has 0 aliphatic carbocycles. The third kappa shape index (κ3) is 7.19. The average Bonchev–Trinajstić information content (AvgIpc) is 3.05. The summed E-state index contributed by atoms with van der Waals surface area (Å²) in [7, 11) is 0. The van der Waals surface area contributed by atoms with Gasteiger partial charge in [-0.05, 0) is 19.8 Å². The molecule has 0 radical (unpaired) electrons. The van der Waals surface area contributed by atoms with Gasteiger partial charge in [0.25, 0.3) is 0 Å². The van der Waals surface area contributed by atoms with Gasteiger partial charge in [-0.3, -0.25) is 0 Å². The van der Waals surface area contributed by atoms with Gasteiger partial charge in [0.15, 0.2) is 5.96 Å². The molecule has 1 N–H and O–H groups in total. The van der Waals surface area contributed by atoms with Crippen LogP contribution in [0, 0.1) is 5.92 Å². The van der Waals surface area contributed by atoms with E-state index < -0.39 is 0 Å². The highest BCUT2D eigenvalue weighted by Crippen LogP contribution is 2.08. The van der Waals surface area contributed by atoms with E-state index >= 15 is 0 Å². The first-order valence-electron chi connectivity index (χ1n) is 9.50. The third-order valence-corrected chi connectivity index (χ3v) is 4.17. The first kappa shape index (κ1) is 23.5. The summed E-state index contributed by atoms with van der Waals surface area (Å²) < 4.78 is 7.24. The lowest BCUT2D eigenvalue weighted by Gasteiger charge is -2.35. The van der Waals surface area contributed by atoms with Gasteiger partial charge >= 0.3 is 6.09 Å². The topological polar surface area (TPSA) is 75.0 Å². The van der Waals surface area contributed by atoms with Gasteiger partial charge in [-0.15, -0.1) is 24.0 Å². The first-order valence-corrected chi connectivity index (χ1v) is 9.50. The number of hydrogen-bond acceptors (Lipinski definition) is 4. The first-order chi connectivity index (χ1) is 12.5. The molecule has 1 aromatic rings. The Balaban J connectivity index is 0.00000364. The predicted octanol–water partition coefficient (Wildman–Crippen LogP) is 2.40. The number of aliphatic imine (C=N–C) groups is 1. The van der Waals surface area contributed by atoms with Gasteiger partial charge in [-0.25, -0.2) is 14.8 Å². The second kappa shape index (κ2) is 12.0. The van der Waals surface area contributed by atoms with Crippen LogP contribution in [-0.4, -0.2) is 70.7 Å². The van der Waals surface area contributed by atoms with Crippen molar-refractivity contribution in [2.75, 3.05) is 39.3 Å². The van der Waals surface area contributed by atoms with Gasteiger partial charge in [0.1, 0.15) is 12.4 Å². The van der Waals surface area contributed by atoms with Crippen molar-refractivity contribution in [3.05, 3.63) is 18.2 Å². The van der Waals surface area contributed by atoms with E-state index in [4.69, 9.17) is 9.73 Å². The van der Waals surface area contributed by atoms with Crippen LogP contribution in [0.4, 0.5) is 4.79 Å². The zero-order valence-corrected chi connectivity index (χ0v) is 19.2. The molecule has 0 saturated carbocycles. The molecule has 154 valence electrons. The molecule has 1 fully saturated rings. The summed E-state index contributed by atoms with van der Waals surface area (Å²) in [5.74, 6) is 2.41. The van der Waals surface area contributed by atoms with Crippen LogP contribution < -0.4 is 5.32 Å². The Bertz CT molecular complexity index is 596. The molecular formula is C18H33IN6O2. The quantitative estimate of drug-likeness (QED) is 0.375. The molecule has 0 aromatic carbocycles. The van der Waals surface area contributed by atoms with Crippen LogP contribution in [0.5, 0.6) is 0 Å². The molecule has 1 saturated heterocycles. The summed E-state index contributed by atoms with van der Waals surface area (Å²) in [5, 5.41) is 3.35. The van der Waals surface area contributed by atoms with E-state index in [0.29, 0.717) is 32.2 Å². The van der Waals surface area contributed by atoms with Crippen molar-refractivity contribution in [3.63, 3.8) is 0 Å². The number of rotatable bonds is 6. The fourth-order valence-corrected chi connectivity index (χ4v) is 2.94. The van der Waals surface area contributed by atoms with Crippen LogP contribution in [0.1, 0.15) is 33.5 Å². The molecule has 1 aliphatic heterocycles. The number of nitrogens with zero attached hydrogens (tertiary/aromatic N) is 5. The van der Waals surface area contributed by atoms with Crippen LogP contribution in [-0.2, 0) is 17.8 Å². The molecular weight excluding hydrogens is 459 g/mol. The largest absolute Gasteiger partial charge is 0.450 e. The van der Waals surface area contributed by atoms with E-state index in [-0.39, 0.29) is 30.1 Å². The van der Waals surface area contributed by atoms with Gasteiger partial charge in [-0.1, -0.05) is 13.8 Å². The number of nitrogens with one attached hydrogen (secondary N) is 1. The zero-order valence-electron chi connectivity index (χ0n) is 16.8. The minimum atomic E-state index is -0.232. The predicted molar refractivity (Wildman–Crippen MR) is 117 cm³/mol. The Morgan fingerprint density at radius 3 is 2.52 bits per heavy atom. The Morgan fingerprint density at radius 2 is 1.93 bits per heavy atom. The maximum Gasteiger partial charge on any atom is 0.409 e. The number of amides is 1. The molecule has 1 aliphatic rings. The maximum atomic E-state index is 11.8. The molecule has 1 amide bonds. The highest BCUT2D eigenvalue weighted by Gasteiger charge is 2.23. The number of imidazole rings is 1. The van der Waals surface area contributed by atoms with E-state index in [1.54, 1.807) is 4.90 Å². The molecule has 2 heterocycles. The highest BCUT2D eigenvalue weighted by molar-refractivity contribution is 14.0. The van der Waals surface area contributed by atoms with E-state index in [9.17, 15) is 4.79 Å². The Labute approximate surface area is 179 Å². The minimum absolute atomic E-state index is 0. The van der Waals surface area contributed by atoms with E-state index in [0.717, 1.165) is 38.0 Å². The second-order valence-corrected chi connectivity index (χ2v) is 6.73. The Kier molecular flexibility index (Phi) is 10.5. The average molecular weight is 492 g/mol. The maximum absolute atomic E-state index is 11.8. The third-order valence-electron chi connectivity index (χ3n) is 4.17. The second-order valence-electron chi connectivity index (χ2n) is 6.73. The van der Waals surface area contributed by atoms with Gasteiger partial charge in [-0.2, -0.15) is 0 Å². The fourth-order valence-electron chi connectivity index (χ4n) is 2.94. The molecule has 0 atom stereocenters. The summed E-state index contributed by atoms with van der Waals surface area (Å²) in [6.07, 6.45) is 3.61. The lowest BCUT2D eigenvalue weighted by Crippen LogP contribution is -2.53. The normalized spacial score (nSPS) is 14.9.